The zero-order valence-corrected chi connectivity index (χ0v) is 14.4. The summed E-state index contributed by atoms with van der Waals surface area (Å²) in [7, 11) is 0. The monoisotopic (exact) mass is 340 g/mol. The van der Waals surface area contributed by atoms with Gasteiger partial charge in [-0.15, -0.1) is 10.2 Å². The number of amides is 1. The number of carbonyl (C=O) groups is 1. The molecular weight excluding hydrogens is 316 g/mol. The molecule has 132 valence electrons. The molecule has 7 heteroatoms. The maximum Gasteiger partial charge on any atom is 0.274 e. The van der Waals surface area contributed by atoms with Crippen LogP contribution in [0, 0.1) is 0 Å². The summed E-state index contributed by atoms with van der Waals surface area (Å²) in [5.74, 6) is 2.66. The molecule has 1 N–H and O–H groups in total. The predicted molar refractivity (Wildman–Crippen MR) is 91.2 cm³/mol. The topological polar surface area (TPSA) is 79.7 Å². The van der Waals surface area contributed by atoms with E-state index in [1.54, 1.807) is 0 Å². The van der Waals surface area contributed by atoms with Gasteiger partial charge >= 0.3 is 0 Å². The fraction of sp³-hybridized carbons (Fsp3) is 0.667. The van der Waals surface area contributed by atoms with E-state index in [1.807, 2.05) is 11.0 Å². The van der Waals surface area contributed by atoms with E-state index in [0.717, 1.165) is 49.7 Å². The third-order valence-electron chi connectivity index (χ3n) is 5.78. The maximum atomic E-state index is 13.0. The van der Waals surface area contributed by atoms with Crippen molar-refractivity contribution in [1.82, 2.24) is 29.9 Å². The number of hydrogen-bond donors (Lipinski definition) is 1. The molecule has 1 saturated carbocycles. The summed E-state index contributed by atoms with van der Waals surface area (Å²) in [5.41, 5.74) is 1.65. The number of nitrogens with one attached hydrogen (secondary N) is 1. The van der Waals surface area contributed by atoms with Gasteiger partial charge in [0.2, 0.25) is 0 Å². The molecular formula is C18H24N6O. The first-order chi connectivity index (χ1) is 12.3. The number of aromatic nitrogens is 5. The highest BCUT2D eigenvalue weighted by molar-refractivity contribution is 5.92. The molecule has 0 radical (unpaired) electrons. The Balaban J connectivity index is 1.41. The summed E-state index contributed by atoms with van der Waals surface area (Å²) in [5, 5.41) is 16.2. The van der Waals surface area contributed by atoms with E-state index in [2.05, 4.69) is 25.0 Å². The van der Waals surface area contributed by atoms with Gasteiger partial charge in [-0.2, -0.15) is 5.10 Å². The Labute approximate surface area is 146 Å². The number of nitrogens with zero attached hydrogens (tertiary/aromatic N) is 5. The lowest BCUT2D eigenvalue weighted by Gasteiger charge is -2.23. The van der Waals surface area contributed by atoms with Crippen molar-refractivity contribution in [3.63, 3.8) is 0 Å². The molecule has 7 nitrogen and oxygen atoms in total. The SMILES string of the molecule is O=C(c1cc(C2CC2)[nH]n1)N1CCCC1c1nnc2n1CCCCC2. The number of carbonyl (C=O) groups excluding carboxylic acids is 1. The molecule has 2 aromatic rings. The van der Waals surface area contributed by atoms with Crippen LogP contribution in [0.15, 0.2) is 6.07 Å². The van der Waals surface area contributed by atoms with Gasteiger partial charge in [-0.1, -0.05) is 6.42 Å². The number of aryl methyl sites for hydroxylation is 1. The minimum Gasteiger partial charge on any atom is -0.327 e. The first kappa shape index (κ1) is 15.1. The highest BCUT2D eigenvalue weighted by Gasteiger charge is 2.36. The standard InChI is InChI=1S/C18H24N6O/c25-18(14-11-13(19-20-14)12-7-8-12)23-10-4-5-15(23)17-22-21-16-6-2-1-3-9-24(16)17/h11-12,15H,1-10H2,(H,19,20). The summed E-state index contributed by atoms with van der Waals surface area (Å²) in [6.07, 6.45) is 8.97. The second kappa shape index (κ2) is 5.97. The molecule has 5 rings (SSSR count). The molecule has 2 fully saturated rings. The van der Waals surface area contributed by atoms with E-state index in [0.29, 0.717) is 11.6 Å². The zero-order chi connectivity index (χ0) is 16.8. The van der Waals surface area contributed by atoms with Gasteiger partial charge in [-0.25, -0.2) is 0 Å². The molecule has 25 heavy (non-hydrogen) atoms. The Kier molecular flexibility index (Phi) is 3.60. The average Bonchev–Trinajstić information content (AvgIpc) is 3.06. The lowest BCUT2D eigenvalue weighted by atomic mass is 10.2. The normalized spacial score (nSPS) is 23.5. The molecule has 0 bridgehead atoms. The molecule has 1 amide bonds. The van der Waals surface area contributed by atoms with E-state index in [9.17, 15) is 4.79 Å². The zero-order valence-electron chi connectivity index (χ0n) is 14.4. The number of likely N-dealkylation sites (tertiary alicyclic amines) is 1. The summed E-state index contributed by atoms with van der Waals surface area (Å²) in [6.45, 7) is 1.75. The van der Waals surface area contributed by atoms with Gasteiger partial charge in [0.25, 0.3) is 5.91 Å². The van der Waals surface area contributed by atoms with Crippen LogP contribution in [0.25, 0.3) is 0 Å². The Morgan fingerprint density at radius 3 is 2.88 bits per heavy atom. The summed E-state index contributed by atoms with van der Waals surface area (Å²) < 4.78 is 2.27. The Morgan fingerprint density at radius 2 is 2.00 bits per heavy atom. The van der Waals surface area contributed by atoms with Crippen LogP contribution in [0.1, 0.15) is 84.7 Å². The Bertz CT molecular complexity index is 789. The third kappa shape index (κ3) is 2.65. The molecule has 1 atom stereocenters. The molecule has 3 aliphatic rings. The van der Waals surface area contributed by atoms with Gasteiger partial charge in [-0.05, 0) is 44.6 Å². The quantitative estimate of drug-likeness (QED) is 0.931. The average molecular weight is 340 g/mol. The summed E-state index contributed by atoms with van der Waals surface area (Å²) in [4.78, 5) is 15.0. The molecule has 2 aromatic heterocycles. The van der Waals surface area contributed by atoms with Crippen LogP contribution < -0.4 is 0 Å². The van der Waals surface area contributed by atoms with Crippen molar-refractivity contribution in [3.8, 4) is 0 Å². The Hall–Kier alpha value is -2.18. The highest BCUT2D eigenvalue weighted by atomic mass is 16.2. The number of fused-ring (bicyclic) bond motifs is 1. The minimum atomic E-state index is 0.0246. The fourth-order valence-corrected chi connectivity index (χ4v) is 4.23. The van der Waals surface area contributed by atoms with Crippen LogP contribution >= 0.6 is 0 Å². The lowest BCUT2D eigenvalue weighted by molar-refractivity contribution is 0.0721. The van der Waals surface area contributed by atoms with Crippen LogP contribution in [-0.2, 0) is 13.0 Å². The third-order valence-corrected chi connectivity index (χ3v) is 5.78. The second-order valence-corrected chi connectivity index (χ2v) is 7.58. The van der Waals surface area contributed by atoms with Crippen LogP contribution in [0.3, 0.4) is 0 Å². The molecule has 1 unspecified atom stereocenters. The molecule has 0 spiro atoms. The van der Waals surface area contributed by atoms with Crippen molar-refractivity contribution >= 4 is 5.91 Å². The van der Waals surface area contributed by atoms with Crippen LogP contribution in [0.5, 0.6) is 0 Å². The molecule has 1 aliphatic carbocycles. The van der Waals surface area contributed by atoms with Crippen molar-refractivity contribution in [2.75, 3.05) is 6.54 Å². The lowest BCUT2D eigenvalue weighted by Crippen LogP contribution is -2.32. The minimum absolute atomic E-state index is 0.0246. The van der Waals surface area contributed by atoms with Crippen molar-refractivity contribution in [3.05, 3.63) is 29.1 Å². The van der Waals surface area contributed by atoms with Crippen LogP contribution in [0.4, 0.5) is 0 Å². The molecule has 4 heterocycles. The van der Waals surface area contributed by atoms with Gasteiger partial charge < -0.3 is 9.47 Å². The molecule has 0 aromatic carbocycles. The number of hydrogen-bond acceptors (Lipinski definition) is 4. The van der Waals surface area contributed by atoms with E-state index in [4.69, 9.17) is 0 Å². The van der Waals surface area contributed by atoms with Crippen molar-refractivity contribution in [2.24, 2.45) is 0 Å². The van der Waals surface area contributed by atoms with Crippen LogP contribution in [-0.4, -0.2) is 42.3 Å². The Morgan fingerprint density at radius 1 is 1.08 bits per heavy atom. The van der Waals surface area contributed by atoms with E-state index in [-0.39, 0.29) is 11.9 Å². The predicted octanol–water partition coefficient (Wildman–Crippen LogP) is 2.58. The van der Waals surface area contributed by atoms with Gasteiger partial charge in [0, 0.05) is 31.1 Å². The fourth-order valence-electron chi connectivity index (χ4n) is 4.23. The van der Waals surface area contributed by atoms with E-state index < -0.39 is 0 Å². The van der Waals surface area contributed by atoms with Crippen LogP contribution in [0.2, 0.25) is 0 Å². The van der Waals surface area contributed by atoms with Crippen molar-refractivity contribution in [1.29, 1.82) is 0 Å². The summed E-state index contributed by atoms with van der Waals surface area (Å²) >= 11 is 0. The molecule has 2 aliphatic heterocycles. The summed E-state index contributed by atoms with van der Waals surface area (Å²) in [6, 6.07) is 1.98. The maximum absolute atomic E-state index is 13.0. The second-order valence-electron chi connectivity index (χ2n) is 7.58. The number of rotatable bonds is 3. The van der Waals surface area contributed by atoms with E-state index in [1.165, 1.54) is 32.1 Å². The van der Waals surface area contributed by atoms with E-state index >= 15 is 0 Å². The smallest absolute Gasteiger partial charge is 0.274 e. The van der Waals surface area contributed by atoms with Crippen molar-refractivity contribution < 1.29 is 4.79 Å². The van der Waals surface area contributed by atoms with Gasteiger partial charge in [0.05, 0.1) is 6.04 Å². The highest BCUT2D eigenvalue weighted by Crippen LogP contribution is 2.39. The van der Waals surface area contributed by atoms with Gasteiger partial charge in [0.1, 0.15) is 11.5 Å². The first-order valence-corrected chi connectivity index (χ1v) is 9.59. The van der Waals surface area contributed by atoms with Gasteiger partial charge in [-0.3, -0.25) is 9.89 Å². The van der Waals surface area contributed by atoms with Crippen molar-refractivity contribution in [2.45, 2.75) is 69.9 Å². The number of aromatic amines is 1. The first-order valence-electron chi connectivity index (χ1n) is 9.59. The number of H-pyrrole nitrogens is 1. The van der Waals surface area contributed by atoms with Gasteiger partial charge in [0.15, 0.2) is 5.82 Å². The molecule has 1 saturated heterocycles. The largest absolute Gasteiger partial charge is 0.327 e.